The average Bonchev–Trinajstić information content (AvgIpc) is 3.21. The van der Waals surface area contributed by atoms with Gasteiger partial charge in [0.2, 0.25) is 11.8 Å². The SMILES string of the molecule is Cc1ccc(-c2nnc(CN3C(=O)NC(C)(c4ccc(F)cc4Cl)C3=O)o2)cc1. The highest BCUT2D eigenvalue weighted by molar-refractivity contribution is 6.32. The first-order valence-electron chi connectivity index (χ1n) is 8.77. The van der Waals surface area contributed by atoms with Crippen molar-refractivity contribution in [2.45, 2.75) is 25.9 Å². The van der Waals surface area contributed by atoms with Crippen LogP contribution in [0, 0.1) is 12.7 Å². The molecule has 9 heteroatoms. The second-order valence-electron chi connectivity index (χ2n) is 6.94. The molecule has 1 N–H and O–H groups in total. The Kier molecular flexibility index (Phi) is 4.58. The van der Waals surface area contributed by atoms with Crippen LogP contribution in [0.3, 0.4) is 0 Å². The van der Waals surface area contributed by atoms with Gasteiger partial charge < -0.3 is 9.73 Å². The number of hydrogen-bond donors (Lipinski definition) is 1. The zero-order chi connectivity index (χ0) is 20.8. The summed E-state index contributed by atoms with van der Waals surface area (Å²) >= 11 is 6.10. The monoisotopic (exact) mass is 414 g/mol. The van der Waals surface area contributed by atoms with E-state index in [9.17, 15) is 14.0 Å². The minimum absolute atomic E-state index is 0.0439. The van der Waals surface area contributed by atoms with Crippen molar-refractivity contribution in [2.24, 2.45) is 0 Å². The van der Waals surface area contributed by atoms with E-state index in [0.29, 0.717) is 5.56 Å². The Morgan fingerprint density at radius 2 is 1.90 bits per heavy atom. The number of aromatic nitrogens is 2. The minimum atomic E-state index is -1.43. The van der Waals surface area contributed by atoms with Crippen LogP contribution in [0.25, 0.3) is 11.5 Å². The van der Waals surface area contributed by atoms with Gasteiger partial charge in [-0.1, -0.05) is 35.4 Å². The van der Waals surface area contributed by atoms with Gasteiger partial charge in [0.05, 0.1) is 0 Å². The van der Waals surface area contributed by atoms with Crippen LogP contribution >= 0.6 is 11.6 Å². The van der Waals surface area contributed by atoms with Crippen LogP contribution in [0.2, 0.25) is 5.02 Å². The average molecular weight is 415 g/mol. The second-order valence-corrected chi connectivity index (χ2v) is 7.34. The molecule has 1 atom stereocenters. The van der Waals surface area contributed by atoms with Gasteiger partial charge in [0.1, 0.15) is 17.9 Å². The number of urea groups is 1. The van der Waals surface area contributed by atoms with Gasteiger partial charge in [-0.15, -0.1) is 10.2 Å². The largest absolute Gasteiger partial charge is 0.419 e. The maximum Gasteiger partial charge on any atom is 0.325 e. The van der Waals surface area contributed by atoms with E-state index in [1.807, 2.05) is 31.2 Å². The highest BCUT2D eigenvalue weighted by atomic mass is 35.5. The summed E-state index contributed by atoms with van der Waals surface area (Å²) < 4.78 is 19.0. The lowest BCUT2D eigenvalue weighted by Gasteiger charge is -2.23. The standard InChI is InChI=1S/C20H16ClFN4O3/c1-11-3-5-12(6-4-11)17-25-24-16(29-17)10-26-18(27)20(2,23-19(26)28)14-8-7-13(22)9-15(14)21/h3-9H,10H2,1-2H3,(H,23,28). The predicted molar refractivity (Wildman–Crippen MR) is 102 cm³/mol. The lowest BCUT2D eigenvalue weighted by Crippen LogP contribution is -2.41. The Morgan fingerprint density at radius 3 is 2.59 bits per heavy atom. The Hall–Kier alpha value is -3.26. The molecule has 3 aromatic rings. The fraction of sp³-hybridized carbons (Fsp3) is 0.200. The van der Waals surface area contributed by atoms with Crippen molar-refractivity contribution in [1.82, 2.24) is 20.4 Å². The number of aryl methyl sites for hydroxylation is 1. The molecule has 1 aliphatic heterocycles. The molecule has 0 radical (unpaired) electrons. The molecule has 29 heavy (non-hydrogen) atoms. The summed E-state index contributed by atoms with van der Waals surface area (Å²) in [4.78, 5) is 26.4. The highest BCUT2D eigenvalue weighted by Gasteiger charge is 2.50. The van der Waals surface area contributed by atoms with Gasteiger partial charge in [0.15, 0.2) is 0 Å². The number of halogens is 2. The van der Waals surface area contributed by atoms with E-state index >= 15 is 0 Å². The van der Waals surface area contributed by atoms with Crippen molar-refractivity contribution in [3.8, 4) is 11.5 Å². The molecule has 0 aliphatic carbocycles. The Labute approximate surface area is 170 Å². The van der Waals surface area contributed by atoms with Crippen LogP contribution in [-0.2, 0) is 16.9 Å². The zero-order valence-corrected chi connectivity index (χ0v) is 16.3. The molecular weight excluding hydrogens is 399 g/mol. The third-order valence-corrected chi connectivity index (χ3v) is 5.12. The summed E-state index contributed by atoms with van der Waals surface area (Å²) in [7, 11) is 0. The van der Waals surface area contributed by atoms with Gasteiger partial charge in [-0.25, -0.2) is 9.18 Å². The highest BCUT2D eigenvalue weighted by Crippen LogP contribution is 2.34. The Bertz CT molecular complexity index is 1120. The minimum Gasteiger partial charge on any atom is -0.419 e. The quantitative estimate of drug-likeness (QED) is 0.656. The molecule has 0 saturated carbocycles. The van der Waals surface area contributed by atoms with Crippen LogP contribution in [0.15, 0.2) is 46.9 Å². The van der Waals surface area contributed by atoms with E-state index in [-0.39, 0.29) is 23.3 Å². The van der Waals surface area contributed by atoms with Crippen molar-refractivity contribution in [3.05, 3.63) is 70.3 Å². The first kappa shape index (κ1) is 19.1. The van der Waals surface area contributed by atoms with E-state index in [0.717, 1.165) is 22.1 Å². The first-order chi connectivity index (χ1) is 13.8. The summed E-state index contributed by atoms with van der Waals surface area (Å²) in [6.45, 7) is 3.28. The molecule has 1 aliphatic rings. The molecule has 148 valence electrons. The molecule has 1 aromatic heterocycles. The van der Waals surface area contributed by atoms with Crippen LogP contribution < -0.4 is 5.32 Å². The number of carbonyl (C=O) groups is 2. The summed E-state index contributed by atoms with van der Waals surface area (Å²) in [5.74, 6) is -0.688. The number of nitrogens with one attached hydrogen (secondary N) is 1. The number of hydrogen-bond acceptors (Lipinski definition) is 5. The maximum absolute atomic E-state index is 13.4. The topological polar surface area (TPSA) is 88.3 Å². The number of rotatable bonds is 4. The van der Waals surface area contributed by atoms with Crippen LogP contribution in [0.4, 0.5) is 9.18 Å². The Morgan fingerprint density at radius 1 is 1.17 bits per heavy atom. The molecule has 1 fully saturated rings. The van der Waals surface area contributed by atoms with Gasteiger partial charge in [-0.05, 0) is 38.1 Å². The van der Waals surface area contributed by atoms with Crippen LogP contribution in [0.5, 0.6) is 0 Å². The third kappa shape index (κ3) is 3.36. The smallest absolute Gasteiger partial charge is 0.325 e. The summed E-state index contributed by atoms with van der Waals surface area (Å²) in [6.07, 6.45) is 0. The van der Waals surface area contributed by atoms with Gasteiger partial charge in [0.25, 0.3) is 5.91 Å². The second kappa shape index (κ2) is 6.97. The molecule has 2 heterocycles. The number of imide groups is 1. The summed E-state index contributed by atoms with van der Waals surface area (Å²) in [6, 6.07) is 10.5. The number of carbonyl (C=O) groups excluding carboxylic acids is 2. The number of amides is 3. The molecule has 4 rings (SSSR count). The van der Waals surface area contributed by atoms with E-state index in [1.54, 1.807) is 0 Å². The Balaban J connectivity index is 1.58. The normalized spacial score (nSPS) is 19.0. The maximum atomic E-state index is 13.4. The molecule has 3 amide bonds. The lowest BCUT2D eigenvalue weighted by molar-refractivity contribution is -0.131. The van der Waals surface area contributed by atoms with Crippen molar-refractivity contribution in [2.75, 3.05) is 0 Å². The van der Waals surface area contributed by atoms with Crippen molar-refractivity contribution in [1.29, 1.82) is 0 Å². The molecule has 0 bridgehead atoms. The summed E-state index contributed by atoms with van der Waals surface area (Å²) in [5.41, 5.74) is 0.690. The van der Waals surface area contributed by atoms with Crippen LogP contribution in [0.1, 0.15) is 23.9 Å². The lowest BCUT2D eigenvalue weighted by atomic mass is 9.92. The van der Waals surface area contributed by atoms with E-state index < -0.39 is 23.3 Å². The first-order valence-corrected chi connectivity index (χ1v) is 9.15. The summed E-state index contributed by atoms with van der Waals surface area (Å²) in [5, 5.41) is 10.6. The number of nitrogens with zero attached hydrogens (tertiary/aromatic N) is 3. The molecule has 1 unspecified atom stereocenters. The van der Waals surface area contributed by atoms with Gasteiger partial charge in [-0.2, -0.15) is 0 Å². The third-order valence-electron chi connectivity index (χ3n) is 4.80. The predicted octanol–water partition coefficient (Wildman–Crippen LogP) is 3.80. The van der Waals surface area contributed by atoms with Crippen molar-refractivity contribution < 1.29 is 18.4 Å². The van der Waals surface area contributed by atoms with Crippen molar-refractivity contribution >= 4 is 23.5 Å². The van der Waals surface area contributed by atoms with E-state index in [4.69, 9.17) is 16.0 Å². The molecular formula is C20H16ClFN4O3. The van der Waals surface area contributed by atoms with Gasteiger partial charge in [-0.3, -0.25) is 9.69 Å². The van der Waals surface area contributed by atoms with Gasteiger partial charge >= 0.3 is 6.03 Å². The molecule has 2 aromatic carbocycles. The van der Waals surface area contributed by atoms with Crippen molar-refractivity contribution in [3.63, 3.8) is 0 Å². The molecule has 1 saturated heterocycles. The van der Waals surface area contributed by atoms with Crippen LogP contribution in [-0.4, -0.2) is 27.0 Å². The van der Waals surface area contributed by atoms with Gasteiger partial charge in [0, 0.05) is 16.1 Å². The fourth-order valence-corrected chi connectivity index (χ4v) is 3.54. The van der Waals surface area contributed by atoms with E-state index in [2.05, 4.69) is 15.5 Å². The molecule has 7 nitrogen and oxygen atoms in total. The number of benzene rings is 2. The fourth-order valence-electron chi connectivity index (χ4n) is 3.18. The molecule has 0 spiro atoms. The van der Waals surface area contributed by atoms with E-state index in [1.165, 1.54) is 19.1 Å². The zero-order valence-electron chi connectivity index (χ0n) is 15.6.